The van der Waals surface area contributed by atoms with Crippen molar-refractivity contribution in [3.8, 4) is 11.3 Å². The topological polar surface area (TPSA) is 82.9 Å². The first-order valence-electron chi connectivity index (χ1n) is 9.19. The van der Waals surface area contributed by atoms with Crippen molar-refractivity contribution < 1.29 is 8.42 Å². The highest BCUT2D eigenvalue weighted by Gasteiger charge is 2.28. The Morgan fingerprint density at radius 2 is 1.93 bits per heavy atom. The van der Waals surface area contributed by atoms with Crippen molar-refractivity contribution in [1.29, 1.82) is 0 Å². The lowest BCUT2D eigenvalue weighted by molar-refractivity contribution is 0.589. The van der Waals surface area contributed by atoms with Gasteiger partial charge in [-0.3, -0.25) is 4.68 Å². The van der Waals surface area contributed by atoms with Crippen LogP contribution in [0.3, 0.4) is 0 Å². The first kappa shape index (κ1) is 17.2. The average molecular weight is 392 g/mol. The summed E-state index contributed by atoms with van der Waals surface area (Å²) >= 11 is 0. The monoisotopic (exact) mass is 392 g/mol. The summed E-state index contributed by atoms with van der Waals surface area (Å²) in [4.78, 5) is 0.259. The minimum absolute atomic E-state index is 0.00956. The van der Waals surface area contributed by atoms with Crippen molar-refractivity contribution in [3.63, 3.8) is 0 Å². The molecular formula is C21H20N4O2S. The van der Waals surface area contributed by atoms with Crippen molar-refractivity contribution >= 4 is 20.9 Å². The Labute approximate surface area is 163 Å². The summed E-state index contributed by atoms with van der Waals surface area (Å²) in [5.74, 6) is 0. The van der Waals surface area contributed by atoms with E-state index in [-0.39, 0.29) is 10.9 Å². The van der Waals surface area contributed by atoms with Crippen LogP contribution in [0.5, 0.6) is 0 Å². The second-order valence-electron chi connectivity index (χ2n) is 7.23. The van der Waals surface area contributed by atoms with Gasteiger partial charge in [0.2, 0.25) is 0 Å². The molecule has 0 amide bonds. The van der Waals surface area contributed by atoms with Crippen LogP contribution in [0.25, 0.3) is 22.2 Å². The van der Waals surface area contributed by atoms with Gasteiger partial charge in [0.15, 0.2) is 0 Å². The van der Waals surface area contributed by atoms with Gasteiger partial charge in [0, 0.05) is 30.2 Å². The van der Waals surface area contributed by atoms with E-state index in [1.54, 1.807) is 35.1 Å². The molecule has 1 aliphatic rings. The predicted molar refractivity (Wildman–Crippen MR) is 108 cm³/mol. The van der Waals surface area contributed by atoms with E-state index in [9.17, 15) is 8.42 Å². The summed E-state index contributed by atoms with van der Waals surface area (Å²) < 4.78 is 30.3. The van der Waals surface area contributed by atoms with Crippen LogP contribution in [0.15, 0.2) is 65.8 Å². The van der Waals surface area contributed by atoms with Gasteiger partial charge in [0.25, 0.3) is 10.0 Å². The molecule has 1 atom stereocenters. The molecule has 28 heavy (non-hydrogen) atoms. The van der Waals surface area contributed by atoms with E-state index < -0.39 is 10.0 Å². The molecule has 0 unspecified atom stereocenters. The molecule has 7 heteroatoms. The Bertz CT molecular complexity index is 1300. The second kappa shape index (κ2) is 6.05. The Balaban J connectivity index is 1.87. The van der Waals surface area contributed by atoms with Gasteiger partial charge in [-0.05, 0) is 48.2 Å². The molecule has 2 N–H and O–H groups in total. The lowest BCUT2D eigenvalue weighted by atomic mass is 10.0. The molecule has 5 rings (SSSR count). The van der Waals surface area contributed by atoms with Crippen LogP contribution >= 0.6 is 0 Å². The molecule has 2 heterocycles. The third kappa shape index (κ3) is 2.43. The average Bonchev–Trinajstić information content (AvgIpc) is 3.39. The molecule has 1 aliphatic carbocycles. The van der Waals surface area contributed by atoms with Gasteiger partial charge in [-0.1, -0.05) is 24.3 Å². The zero-order valence-electron chi connectivity index (χ0n) is 15.4. The minimum atomic E-state index is -3.77. The normalized spacial score (nSPS) is 16.6. The van der Waals surface area contributed by atoms with E-state index in [0.717, 1.165) is 34.9 Å². The van der Waals surface area contributed by atoms with Crippen molar-refractivity contribution in [2.75, 3.05) is 0 Å². The van der Waals surface area contributed by atoms with Crippen LogP contribution < -0.4 is 5.73 Å². The molecule has 142 valence electrons. The van der Waals surface area contributed by atoms with Crippen LogP contribution in [0.2, 0.25) is 0 Å². The highest BCUT2D eigenvalue weighted by Crippen LogP contribution is 2.39. The number of nitrogens with two attached hydrogens (primary N) is 1. The number of hydrogen-bond donors (Lipinski definition) is 1. The molecule has 2 aromatic carbocycles. The molecule has 0 saturated heterocycles. The van der Waals surface area contributed by atoms with E-state index in [2.05, 4.69) is 5.10 Å². The van der Waals surface area contributed by atoms with E-state index in [4.69, 9.17) is 5.73 Å². The van der Waals surface area contributed by atoms with Gasteiger partial charge in [-0.2, -0.15) is 5.10 Å². The molecule has 6 nitrogen and oxygen atoms in total. The number of nitrogens with zero attached hydrogens (tertiary/aromatic N) is 3. The Morgan fingerprint density at radius 3 is 2.64 bits per heavy atom. The number of aromatic nitrogens is 3. The molecule has 0 aliphatic heterocycles. The molecule has 4 aromatic rings. The third-order valence-corrected chi connectivity index (χ3v) is 7.22. The summed E-state index contributed by atoms with van der Waals surface area (Å²) in [5, 5.41) is 5.18. The summed E-state index contributed by atoms with van der Waals surface area (Å²) in [5.41, 5.74) is 10.5. The van der Waals surface area contributed by atoms with Gasteiger partial charge in [0.1, 0.15) is 0 Å². The maximum absolute atomic E-state index is 13.6. The summed E-state index contributed by atoms with van der Waals surface area (Å²) in [7, 11) is -1.96. The van der Waals surface area contributed by atoms with Crippen molar-refractivity contribution in [2.45, 2.75) is 23.8 Å². The van der Waals surface area contributed by atoms with Crippen LogP contribution in [-0.4, -0.2) is 22.2 Å². The maximum atomic E-state index is 13.6. The quantitative estimate of drug-likeness (QED) is 0.580. The van der Waals surface area contributed by atoms with Gasteiger partial charge in [-0.25, -0.2) is 12.4 Å². The Hall–Kier alpha value is -2.90. The number of hydrogen-bond acceptors (Lipinski definition) is 4. The van der Waals surface area contributed by atoms with Crippen molar-refractivity contribution in [1.82, 2.24) is 13.8 Å². The lowest BCUT2D eigenvalue weighted by Crippen LogP contribution is -2.14. The fourth-order valence-electron chi connectivity index (χ4n) is 4.13. The molecule has 0 fully saturated rings. The van der Waals surface area contributed by atoms with E-state index in [0.29, 0.717) is 11.2 Å². The number of fused-ring (bicyclic) bond motifs is 3. The SMILES string of the molecule is Cn1cc(-c2cc3c4c(ccc3n2S(=O)(=O)c2ccccc2)[C@H](N)CC4)cn1. The lowest BCUT2D eigenvalue weighted by Gasteiger charge is -2.12. The van der Waals surface area contributed by atoms with Gasteiger partial charge >= 0.3 is 0 Å². The highest BCUT2D eigenvalue weighted by molar-refractivity contribution is 7.90. The third-order valence-electron chi connectivity index (χ3n) is 5.48. The zero-order valence-corrected chi connectivity index (χ0v) is 16.2. The highest BCUT2D eigenvalue weighted by atomic mass is 32.2. The van der Waals surface area contributed by atoms with Crippen LogP contribution in [0, 0.1) is 0 Å². The fourth-order valence-corrected chi connectivity index (χ4v) is 5.67. The van der Waals surface area contributed by atoms with Gasteiger partial charge < -0.3 is 5.73 Å². The molecule has 0 radical (unpaired) electrons. The standard InChI is InChI=1S/C21H20N4O2S/c1-24-13-14(12-23-24)21-11-18-16-7-9-19(22)17(16)8-10-20(18)25(21)28(26,27)15-5-3-2-4-6-15/h2-6,8,10-13,19H,7,9,22H2,1H3/t19-/m1/s1. The van der Waals surface area contributed by atoms with Crippen LogP contribution in [0.1, 0.15) is 23.6 Å². The number of benzene rings is 2. The zero-order chi connectivity index (χ0) is 19.5. The largest absolute Gasteiger partial charge is 0.324 e. The van der Waals surface area contributed by atoms with Crippen LogP contribution in [-0.2, 0) is 23.5 Å². The number of aryl methyl sites for hydroxylation is 2. The summed E-state index contributed by atoms with van der Waals surface area (Å²) in [6, 6.07) is 14.3. The van der Waals surface area contributed by atoms with Crippen molar-refractivity contribution in [2.24, 2.45) is 12.8 Å². The molecular weight excluding hydrogens is 372 g/mol. The smallest absolute Gasteiger partial charge is 0.268 e. The van der Waals surface area contributed by atoms with Gasteiger partial charge in [0.05, 0.1) is 22.3 Å². The number of rotatable bonds is 3. The van der Waals surface area contributed by atoms with E-state index in [1.165, 1.54) is 3.97 Å². The Morgan fingerprint density at radius 1 is 1.14 bits per heavy atom. The minimum Gasteiger partial charge on any atom is -0.324 e. The summed E-state index contributed by atoms with van der Waals surface area (Å²) in [6.07, 6.45) is 5.26. The first-order valence-corrected chi connectivity index (χ1v) is 10.6. The van der Waals surface area contributed by atoms with Gasteiger partial charge in [-0.15, -0.1) is 0 Å². The Kier molecular flexibility index (Phi) is 3.72. The van der Waals surface area contributed by atoms with E-state index >= 15 is 0 Å². The van der Waals surface area contributed by atoms with E-state index in [1.807, 2.05) is 37.5 Å². The van der Waals surface area contributed by atoms with Crippen molar-refractivity contribution in [3.05, 3.63) is 72.1 Å². The fraction of sp³-hybridized carbons (Fsp3) is 0.190. The predicted octanol–water partition coefficient (Wildman–Crippen LogP) is 3.22. The second-order valence-corrected chi connectivity index (χ2v) is 9.01. The molecule has 0 spiro atoms. The van der Waals surface area contributed by atoms with Crippen LogP contribution in [0.4, 0.5) is 0 Å². The molecule has 0 bridgehead atoms. The molecule has 0 saturated carbocycles. The maximum Gasteiger partial charge on any atom is 0.268 e. The summed E-state index contributed by atoms with van der Waals surface area (Å²) in [6.45, 7) is 0. The molecule has 2 aromatic heterocycles. The first-order chi connectivity index (χ1) is 13.5.